The Labute approximate surface area is 165 Å². The Morgan fingerprint density at radius 3 is 2.12 bits per heavy atom. The highest BCUT2D eigenvalue weighted by Gasteiger charge is 2.37. The van der Waals surface area contributed by atoms with Crippen LogP contribution in [0.15, 0.2) is 18.2 Å². The number of rotatable bonds is 4. The minimum absolute atomic E-state index is 0. The molecule has 1 atom stereocenters. The van der Waals surface area contributed by atoms with E-state index in [1.165, 1.54) is 12.1 Å². The molecule has 1 heterocycles. The maximum atomic E-state index is 13.0. The number of halogens is 9. The summed E-state index contributed by atoms with van der Waals surface area (Å²) in [7, 11) is 0. The van der Waals surface area contributed by atoms with Gasteiger partial charge >= 0.3 is 12.4 Å². The molecule has 0 bridgehead atoms. The fourth-order valence-electron chi connectivity index (χ4n) is 2.86. The molecule has 0 aromatic heterocycles. The maximum Gasteiger partial charge on any atom is 0.417 e. The fraction of sp³-hybridized carbons (Fsp3) is 0.600. The predicted octanol–water partition coefficient (Wildman–Crippen LogP) is 5.49. The molecule has 0 saturated carbocycles. The number of hydrogen-bond acceptors (Lipinski definition) is 2. The van der Waals surface area contributed by atoms with E-state index in [-0.39, 0.29) is 36.8 Å². The molecular formula is C15H19Cl3F6N2. The van der Waals surface area contributed by atoms with Crippen LogP contribution in [0.1, 0.15) is 30.0 Å². The van der Waals surface area contributed by atoms with E-state index >= 15 is 0 Å². The van der Waals surface area contributed by atoms with Crippen molar-refractivity contribution in [3.05, 3.63) is 34.3 Å². The van der Waals surface area contributed by atoms with Crippen LogP contribution in [-0.2, 0) is 6.18 Å². The van der Waals surface area contributed by atoms with Gasteiger partial charge in [0.1, 0.15) is 0 Å². The van der Waals surface area contributed by atoms with Crippen molar-refractivity contribution >= 4 is 36.4 Å². The second kappa shape index (κ2) is 10.2. The summed E-state index contributed by atoms with van der Waals surface area (Å²) in [5.74, 6) is 0. The average molecular weight is 448 g/mol. The Kier molecular flexibility index (Phi) is 10.1. The first kappa shape index (κ1) is 25.6. The van der Waals surface area contributed by atoms with Crippen LogP contribution in [0.2, 0.25) is 5.02 Å². The second-order valence-corrected chi connectivity index (χ2v) is 6.04. The van der Waals surface area contributed by atoms with Crippen molar-refractivity contribution in [2.45, 2.75) is 31.2 Å². The summed E-state index contributed by atoms with van der Waals surface area (Å²) < 4.78 is 76.9. The molecule has 11 heteroatoms. The van der Waals surface area contributed by atoms with Gasteiger partial charge in [0.15, 0.2) is 0 Å². The molecular weight excluding hydrogens is 429 g/mol. The molecule has 0 amide bonds. The summed E-state index contributed by atoms with van der Waals surface area (Å²) in [6.07, 6.45) is -10.4. The summed E-state index contributed by atoms with van der Waals surface area (Å²) in [6.45, 7) is 2.04. The lowest BCUT2D eigenvalue weighted by Crippen LogP contribution is -2.45. The highest BCUT2D eigenvalue weighted by atomic mass is 35.5. The summed E-state index contributed by atoms with van der Waals surface area (Å²) in [5, 5.41) is 2.55. The summed E-state index contributed by atoms with van der Waals surface area (Å²) in [4.78, 5) is 1.75. The highest BCUT2D eigenvalue weighted by Crippen LogP contribution is 2.41. The van der Waals surface area contributed by atoms with Gasteiger partial charge in [0.2, 0.25) is 0 Å². The van der Waals surface area contributed by atoms with Crippen LogP contribution in [0.5, 0.6) is 0 Å². The first-order valence-corrected chi connectivity index (χ1v) is 7.84. The van der Waals surface area contributed by atoms with Crippen molar-refractivity contribution in [2.24, 2.45) is 0 Å². The molecule has 26 heavy (non-hydrogen) atoms. The smallest absolute Gasteiger partial charge is 0.314 e. The SMILES string of the molecule is Cl.Cl.FC(F)(F)CC[C@@H](c1cccc(C(F)(F)F)c1Cl)N1CCNCC1. The lowest BCUT2D eigenvalue weighted by Gasteiger charge is -2.36. The second-order valence-electron chi connectivity index (χ2n) is 5.66. The number of benzene rings is 1. The Morgan fingerprint density at radius 2 is 1.62 bits per heavy atom. The zero-order valence-electron chi connectivity index (χ0n) is 13.5. The lowest BCUT2D eigenvalue weighted by molar-refractivity contribution is -0.139. The Balaban J connectivity index is 0.00000312. The molecule has 2 nitrogen and oxygen atoms in total. The molecule has 1 aromatic rings. The zero-order valence-corrected chi connectivity index (χ0v) is 15.9. The third kappa shape index (κ3) is 6.96. The fourth-order valence-corrected chi connectivity index (χ4v) is 3.21. The van der Waals surface area contributed by atoms with E-state index in [4.69, 9.17) is 11.6 Å². The van der Waals surface area contributed by atoms with Crippen LogP contribution in [0.25, 0.3) is 0 Å². The van der Waals surface area contributed by atoms with Crippen LogP contribution in [-0.4, -0.2) is 37.3 Å². The average Bonchev–Trinajstić information content (AvgIpc) is 2.48. The predicted molar refractivity (Wildman–Crippen MR) is 93.4 cm³/mol. The first-order chi connectivity index (χ1) is 11.1. The van der Waals surface area contributed by atoms with Gasteiger partial charge in [-0.3, -0.25) is 4.90 Å². The normalized spacial score (nSPS) is 17.2. The van der Waals surface area contributed by atoms with Crippen LogP contribution in [0.3, 0.4) is 0 Å². The van der Waals surface area contributed by atoms with Crippen LogP contribution in [0, 0.1) is 0 Å². The van der Waals surface area contributed by atoms with Gasteiger partial charge in [0, 0.05) is 38.6 Å². The molecule has 1 aliphatic heterocycles. The minimum atomic E-state index is -4.65. The number of piperazine rings is 1. The van der Waals surface area contributed by atoms with Crippen LogP contribution in [0.4, 0.5) is 26.3 Å². The van der Waals surface area contributed by atoms with Gasteiger partial charge in [0.05, 0.1) is 10.6 Å². The van der Waals surface area contributed by atoms with E-state index in [1.807, 2.05) is 0 Å². The number of nitrogens with one attached hydrogen (secondary N) is 1. The van der Waals surface area contributed by atoms with E-state index in [0.29, 0.717) is 26.2 Å². The molecule has 1 saturated heterocycles. The summed E-state index contributed by atoms with van der Waals surface area (Å²) in [6, 6.07) is 2.60. The van der Waals surface area contributed by atoms with E-state index in [1.54, 1.807) is 4.90 Å². The van der Waals surface area contributed by atoms with Gasteiger partial charge in [0.25, 0.3) is 0 Å². The number of nitrogens with zero attached hydrogens (tertiary/aromatic N) is 1. The molecule has 0 spiro atoms. The first-order valence-electron chi connectivity index (χ1n) is 7.47. The third-order valence-corrected chi connectivity index (χ3v) is 4.41. The molecule has 0 radical (unpaired) electrons. The van der Waals surface area contributed by atoms with Crippen molar-refractivity contribution in [2.75, 3.05) is 26.2 Å². The summed E-state index contributed by atoms with van der Waals surface area (Å²) >= 11 is 5.91. The maximum absolute atomic E-state index is 13.0. The van der Waals surface area contributed by atoms with Gasteiger partial charge in [-0.15, -0.1) is 24.8 Å². The Bertz CT molecular complexity index is 559. The van der Waals surface area contributed by atoms with Crippen molar-refractivity contribution in [1.29, 1.82) is 0 Å². The van der Waals surface area contributed by atoms with Gasteiger partial charge in [-0.1, -0.05) is 23.7 Å². The quantitative estimate of drug-likeness (QED) is 0.614. The van der Waals surface area contributed by atoms with E-state index in [2.05, 4.69) is 5.32 Å². The summed E-state index contributed by atoms with van der Waals surface area (Å²) in [5.41, 5.74) is -0.925. The van der Waals surface area contributed by atoms with Crippen molar-refractivity contribution < 1.29 is 26.3 Å². The standard InChI is InChI=1S/C15H17ClF6N2.2ClH/c16-13-10(2-1-3-11(13)15(20,21)22)12(4-5-14(17,18)19)24-8-6-23-7-9-24;;/h1-3,12,23H,4-9H2;2*1H/t12-;;/m0../s1. The Hall–Kier alpha value is -0.410. The van der Waals surface area contributed by atoms with Crippen LogP contribution < -0.4 is 5.32 Å². The van der Waals surface area contributed by atoms with Crippen molar-refractivity contribution in [3.63, 3.8) is 0 Å². The van der Waals surface area contributed by atoms with E-state index in [9.17, 15) is 26.3 Å². The molecule has 1 aromatic carbocycles. The molecule has 2 rings (SSSR count). The van der Waals surface area contributed by atoms with E-state index < -0.39 is 35.4 Å². The molecule has 1 fully saturated rings. The van der Waals surface area contributed by atoms with Gasteiger partial charge in [-0.2, -0.15) is 26.3 Å². The van der Waals surface area contributed by atoms with Crippen LogP contribution >= 0.6 is 36.4 Å². The van der Waals surface area contributed by atoms with Crippen molar-refractivity contribution in [3.8, 4) is 0 Å². The number of alkyl halides is 6. The number of hydrogen-bond donors (Lipinski definition) is 1. The molecule has 1 N–H and O–H groups in total. The van der Waals surface area contributed by atoms with Crippen molar-refractivity contribution in [1.82, 2.24) is 10.2 Å². The molecule has 0 aliphatic carbocycles. The highest BCUT2D eigenvalue weighted by molar-refractivity contribution is 6.32. The van der Waals surface area contributed by atoms with Gasteiger partial charge < -0.3 is 5.32 Å². The molecule has 0 unspecified atom stereocenters. The van der Waals surface area contributed by atoms with Gasteiger partial charge in [-0.05, 0) is 18.1 Å². The largest absolute Gasteiger partial charge is 0.417 e. The molecule has 152 valence electrons. The Morgan fingerprint density at radius 1 is 1.04 bits per heavy atom. The topological polar surface area (TPSA) is 15.3 Å². The van der Waals surface area contributed by atoms with E-state index in [0.717, 1.165) is 6.07 Å². The molecule has 1 aliphatic rings. The lowest BCUT2D eigenvalue weighted by atomic mass is 9.97. The monoisotopic (exact) mass is 446 g/mol. The minimum Gasteiger partial charge on any atom is -0.314 e. The third-order valence-electron chi connectivity index (χ3n) is 3.99. The zero-order chi connectivity index (χ0) is 18.0. The van der Waals surface area contributed by atoms with Gasteiger partial charge in [-0.25, -0.2) is 0 Å².